The zero-order valence-electron chi connectivity index (χ0n) is 12.9. The van der Waals surface area contributed by atoms with Crippen LogP contribution in [-0.2, 0) is 19.1 Å². The Bertz CT molecular complexity index is 708. The van der Waals surface area contributed by atoms with E-state index in [1.807, 2.05) is 0 Å². The van der Waals surface area contributed by atoms with Gasteiger partial charge in [0.25, 0.3) is 5.69 Å². The molecule has 1 aliphatic rings. The number of Topliss-reactive ketones (excluding diaryl/α,β-unsaturated/α-hetero) is 1. The molecule has 1 aromatic rings. The number of nitro groups is 1. The fourth-order valence-electron chi connectivity index (χ4n) is 2.09. The van der Waals surface area contributed by atoms with E-state index in [1.54, 1.807) is 13.0 Å². The van der Waals surface area contributed by atoms with E-state index in [0.717, 1.165) is 0 Å². The van der Waals surface area contributed by atoms with Crippen LogP contribution in [0, 0.1) is 10.1 Å². The molecule has 0 saturated carbocycles. The molecule has 122 valence electrons. The first-order chi connectivity index (χ1) is 10.8. The summed E-state index contributed by atoms with van der Waals surface area (Å²) in [4.78, 5) is 34.8. The van der Waals surface area contributed by atoms with Gasteiger partial charge in [-0.2, -0.15) is 0 Å². The van der Waals surface area contributed by atoms with Crippen LogP contribution in [0.4, 0.5) is 11.4 Å². The number of rotatable bonds is 5. The van der Waals surface area contributed by atoms with Crippen molar-refractivity contribution in [3.05, 3.63) is 45.8 Å². The standard InChI is InChI=1S/C15H16N2O6/c1-4-22-14(19)11-12(18)15(2,3)23-13(11)16-9-7-5-6-8-10(9)17(20)21/h5-8,16H,4H2,1-3H3. The topological polar surface area (TPSA) is 108 Å². The summed E-state index contributed by atoms with van der Waals surface area (Å²) in [5, 5.41) is 13.7. The SMILES string of the molecule is CCOC(=O)C1=C(Nc2ccccc2[N+](=O)[O-])OC(C)(C)C1=O. The number of carbonyl (C=O) groups is 2. The lowest BCUT2D eigenvalue weighted by molar-refractivity contribution is -0.384. The fourth-order valence-corrected chi connectivity index (χ4v) is 2.09. The van der Waals surface area contributed by atoms with Crippen molar-refractivity contribution in [2.45, 2.75) is 26.4 Å². The Hall–Kier alpha value is -2.90. The van der Waals surface area contributed by atoms with E-state index in [1.165, 1.54) is 32.0 Å². The highest BCUT2D eigenvalue weighted by Crippen LogP contribution is 2.34. The number of carbonyl (C=O) groups excluding carboxylic acids is 2. The van der Waals surface area contributed by atoms with Gasteiger partial charge in [0.2, 0.25) is 11.7 Å². The van der Waals surface area contributed by atoms with Gasteiger partial charge in [0.1, 0.15) is 5.69 Å². The molecule has 0 fully saturated rings. The molecule has 23 heavy (non-hydrogen) atoms. The molecule has 0 unspecified atom stereocenters. The third-order valence-corrected chi connectivity index (χ3v) is 3.19. The number of nitrogens with zero attached hydrogens (tertiary/aromatic N) is 1. The van der Waals surface area contributed by atoms with Crippen molar-refractivity contribution < 1.29 is 24.0 Å². The van der Waals surface area contributed by atoms with Crippen molar-refractivity contribution in [1.29, 1.82) is 0 Å². The first-order valence-corrected chi connectivity index (χ1v) is 6.93. The van der Waals surface area contributed by atoms with Gasteiger partial charge in [0, 0.05) is 6.07 Å². The molecule has 0 bridgehead atoms. The molecule has 8 nitrogen and oxygen atoms in total. The maximum atomic E-state index is 12.3. The number of ether oxygens (including phenoxy) is 2. The minimum atomic E-state index is -1.26. The number of esters is 1. The van der Waals surface area contributed by atoms with Crippen molar-refractivity contribution >= 4 is 23.1 Å². The zero-order valence-corrected chi connectivity index (χ0v) is 12.9. The summed E-state index contributed by atoms with van der Waals surface area (Å²) in [6.07, 6.45) is 0. The number of benzene rings is 1. The lowest BCUT2D eigenvalue weighted by Gasteiger charge is -2.18. The first kappa shape index (κ1) is 16.5. The molecule has 0 spiro atoms. The van der Waals surface area contributed by atoms with Crippen LogP contribution >= 0.6 is 0 Å². The van der Waals surface area contributed by atoms with E-state index >= 15 is 0 Å². The fraction of sp³-hybridized carbons (Fsp3) is 0.333. The van der Waals surface area contributed by atoms with Gasteiger partial charge in [-0.15, -0.1) is 0 Å². The minimum Gasteiger partial charge on any atom is -0.464 e. The third kappa shape index (κ3) is 3.15. The van der Waals surface area contributed by atoms with Gasteiger partial charge in [0.15, 0.2) is 11.2 Å². The van der Waals surface area contributed by atoms with Gasteiger partial charge in [-0.25, -0.2) is 4.79 Å². The van der Waals surface area contributed by atoms with Crippen LogP contribution in [0.3, 0.4) is 0 Å². The van der Waals surface area contributed by atoms with Crippen molar-refractivity contribution in [2.24, 2.45) is 0 Å². The van der Waals surface area contributed by atoms with Gasteiger partial charge >= 0.3 is 5.97 Å². The highest BCUT2D eigenvalue weighted by atomic mass is 16.6. The summed E-state index contributed by atoms with van der Waals surface area (Å²) in [5.74, 6) is -1.52. The van der Waals surface area contributed by atoms with Crippen LogP contribution in [0.5, 0.6) is 0 Å². The summed E-state index contributed by atoms with van der Waals surface area (Å²) in [6.45, 7) is 4.71. The summed E-state index contributed by atoms with van der Waals surface area (Å²) >= 11 is 0. The minimum absolute atomic E-state index is 0.0921. The van der Waals surface area contributed by atoms with Crippen LogP contribution in [0.1, 0.15) is 20.8 Å². The lowest BCUT2D eigenvalue weighted by atomic mass is 10.00. The largest absolute Gasteiger partial charge is 0.464 e. The molecular weight excluding hydrogens is 304 g/mol. The average Bonchev–Trinajstić information content (AvgIpc) is 2.69. The Morgan fingerprint density at radius 3 is 2.65 bits per heavy atom. The number of nitro benzene ring substituents is 1. The molecule has 0 aromatic heterocycles. The number of anilines is 1. The van der Waals surface area contributed by atoms with Gasteiger partial charge in [-0.05, 0) is 26.8 Å². The molecule has 0 atom stereocenters. The Labute approximate surface area is 132 Å². The Kier molecular flexibility index (Phi) is 4.35. The van der Waals surface area contributed by atoms with Gasteiger partial charge in [-0.3, -0.25) is 14.9 Å². The third-order valence-electron chi connectivity index (χ3n) is 3.19. The molecular formula is C15H16N2O6. The van der Waals surface area contributed by atoms with E-state index in [-0.39, 0.29) is 29.4 Å². The zero-order chi connectivity index (χ0) is 17.2. The number of para-hydroxylation sites is 2. The van der Waals surface area contributed by atoms with E-state index in [2.05, 4.69) is 5.32 Å². The van der Waals surface area contributed by atoms with E-state index in [9.17, 15) is 19.7 Å². The normalized spacial score (nSPS) is 16.0. The first-order valence-electron chi connectivity index (χ1n) is 6.93. The number of nitrogens with one attached hydrogen (secondary N) is 1. The Balaban J connectivity index is 2.44. The van der Waals surface area contributed by atoms with Gasteiger partial charge in [-0.1, -0.05) is 12.1 Å². The molecule has 0 amide bonds. The molecule has 0 aliphatic carbocycles. The van der Waals surface area contributed by atoms with Crippen LogP contribution in [0.15, 0.2) is 35.7 Å². The van der Waals surface area contributed by atoms with Gasteiger partial charge in [0.05, 0.1) is 11.5 Å². The summed E-state index contributed by atoms with van der Waals surface area (Å²) in [7, 11) is 0. The molecule has 1 aromatic carbocycles. The quantitative estimate of drug-likeness (QED) is 0.383. The van der Waals surface area contributed by atoms with Crippen molar-refractivity contribution in [3.63, 3.8) is 0 Å². The number of hydrogen-bond acceptors (Lipinski definition) is 7. The molecule has 1 heterocycles. The average molecular weight is 320 g/mol. The molecule has 1 N–H and O–H groups in total. The molecule has 0 radical (unpaired) electrons. The second-order valence-corrected chi connectivity index (χ2v) is 5.27. The Morgan fingerprint density at radius 2 is 2.04 bits per heavy atom. The lowest BCUT2D eigenvalue weighted by Crippen LogP contribution is -2.31. The molecule has 8 heteroatoms. The van der Waals surface area contributed by atoms with Crippen LogP contribution in [-0.4, -0.2) is 28.9 Å². The Morgan fingerprint density at radius 1 is 1.39 bits per heavy atom. The maximum absolute atomic E-state index is 12.3. The van der Waals surface area contributed by atoms with Crippen molar-refractivity contribution in [2.75, 3.05) is 11.9 Å². The van der Waals surface area contributed by atoms with Crippen LogP contribution < -0.4 is 5.32 Å². The number of hydrogen-bond donors (Lipinski definition) is 1. The van der Waals surface area contributed by atoms with Crippen LogP contribution in [0.25, 0.3) is 0 Å². The van der Waals surface area contributed by atoms with E-state index in [0.29, 0.717) is 0 Å². The predicted molar refractivity (Wildman–Crippen MR) is 80.5 cm³/mol. The predicted octanol–water partition coefficient (Wildman–Crippen LogP) is 2.16. The van der Waals surface area contributed by atoms with Gasteiger partial charge < -0.3 is 14.8 Å². The highest BCUT2D eigenvalue weighted by Gasteiger charge is 2.46. The van der Waals surface area contributed by atoms with Crippen molar-refractivity contribution in [3.8, 4) is 0 Å². The molecule has 2 rings (SSSR count). The van der Waals surface area contributed by atoms with E-state index in [4.69, 9.17) is 9.47 Å². The van der Waals surface area contributed by atoms with E-state index < -0.39 is 22.3 Å². The smallest absolute Gasteiger partial charge is 0.347 e. The second-order valence-electron chi connectivity index (χ2n) is 5.27. The summed E-state index contributed by atoms with van der Waals surface area (Å²) in [5.41, 5.74) is -1.63. The number of ketones is 1. The highest BCUT2D eigenvalue weighted by molar-refractivity contribution is 6.22. The summed E-state index contributed by atoms with van der Waals surface area (Å²) < 4.78 is 10.3. The molecule has 0 saturated heterocycles. The monoisotopic (exact) mass is 320 g/mol. The van der Waals surface area contributed by atoms with Crippen molar-refractivity contribution in [1.82, 2.24) is 0 Å². The second kappa shape index (κ2) is 6.07. The van der Waals surface area contributed by atoms with Crippen LogP contribution in [0.2, 0.25) is 0 Å². The molecule has 1 aliphatic heterocycles. The summed E-state index contributed by atoms with van der Waals surface area (Å²) in [6, 6.07) is 5.85. The maximum Gasteiger partial charge on any atom is 0.347 e.